The van der Waals surface area contributed by atoms with Crippen LogP contribution in [-0.2, 0) is 4.79 Å². The van der Waals surface area contributed by atoms with Crippen LogP contribution in [0.3, 0.4) is 0 Å². The van der Waals surface area contributed by atoms with Gasteiger partial charge in [-0.25, -0.2) is 0 Å². The third-order valence-corrected chi connectivity index (χ3v) is 5.19. The molecular formula is C18H27ClN2O2. The zero-order chi connectivity index (χ0) is 15.5. The number of benzene rings is 1. The number of rotatable bonds is 3. The van der Waals surface area contributed by atoms with Gasteiger partial charge in [0, 0.05) is 25.6 Å². The fourth-order valence-corrected chi connectivity index (χ4v) is 3.68. The molecule has 2 aliphatic rings. The van der Waals surface area contributed by atoms with E-state index in [9.17, 15) is 4.79 Å². The Morgan fingerprint density at radius 1 is 1.22 bits per heavy atom. The van der Waals surface area contributed by atoms with Gasteiger partial charge < -0.3 is 15.4 Å². The Bertz CT molecular complexity index is 530. The summed E-state index contributed by atoms with van der Waals surface area (Å²) >= 11 is 0. The number of para-hydroxylation sites is 1. The summed E-state index contributed by atoms with van der Waals surface area (Å²) in [5.41, 5.74) is 7.14. The molecular weight excluding hydrogens is 312 g/mol. The Kier molecular flexibility index (Phi) is 6.31. The molecule has 0 saturated heterocycles. The molecule has 1 aromatic carbocycles. The van der Waals surface area contributed by atoms with Gasteiger partial charge in [0.05, 0.1) is 6.61 Å². The van der Waals surface area contributed by atoms with E-state index in [1.165, 1.54) is 5.56 Å². The molecule has 0 unspecified atom stereocenters. The number of nitrogens with zero attached hydrogens (tertiary/aromatic N) is 1. The molecule has 1 aliphatic heterocycles. The van der Waals surface area contributed by atoms with Gasteiger partial charge in [0.1, 0.15) is 5.75 Å². The van der Waals surface area contributed by atoms with E-state index in [-0.39, 0.29) is 24.2 Å². The molecule has 1 atom stereocenters. The summed E-state index contributed by atoms with van der Waals surface area (Å²) in [6.45, 7) is 0.705. The molecule has 1 aromatic rings. The number of hydrogen-bond donors (Lipinski definition) is 1. The van der Waals surface area contributed by atoms with Crippen LogP contribution in [0, 0.1) is 0 Å². The maximum Gasteiger partial charge on any atom is 0.223 e. The number of hydrogen-bond acceptors (Lipinski definition) is 3. The van der Waals surface area contributed by atoms with E-state index >= 15 is 0 Å². The summed E-state index contributed by atoms with van der Waals surface area (Å²) in [6.07, 6.45) is 5.64. The molecule has 0 spiro atoms. The third kappa shape index (κ3) is 4.18. The quantitative estimate of drug-likeness (QED) is 0.921. The van der Waals surface area contributed by atoms with Crippen LogP contribution >= 0.6 is 12.4 Å². The minimum atomic E-state index is 0. The van der Waals surface area contributed by atoms with Crippen LogP contribution in [0.2, 0.25) is 0 Å². The molecule has 4 nitrogen and oxygen atoms in total. The summed E-state index contributed by atoms with van der Waals surface area (Å²) in [7, 11) is 1.95. The van der Waals surface area contributed by atoms with Crippen molar-refractivity contribution in [3.05, 3.63) is 29.8 Å². The Balaban J connectivity index is 0.00000192. The minimum absolute atomic E-state index is 0. The first kappa shape index (κ1) is 18.1. The van der Waals surface area contributed by atoms with Gasteiger partial charge in [0.25, 0.3) is 0 Å². The number of amides is 1. The summed E-state index contributed by atoms with van der Waals surface area (Å²) in [6, 6.07) is 8.78. The van der Waals surface area contributed by atoms with Gasteiger partial charge in [0.15, 0.2) is 0 Å². The van der Waals surface area contributed by atoms with Crippen molar-refractivity contribution < 1.29 is 9.53 Å². The standard InChI is InChI=1S/C18H26N2O2.ClH/c1-20(15-8-6-14(19)7-9-15)18(21)12-13-10-11-22-17-5-3-2-4-16(13)17;/h2-5,13-15H,6-12,19H2,1H3;1H/t13-,14?,15?;/m1./s1. The van der Waals surface area contributed by atoms with Gasteiger partial charge >= 0.3 is 0 Å². The highest BCUT2D eigenvalue weighted by atomic mass is 35.5. The molecule has 128 valence electrons. The van der Waals surface area contributed by atoms with Crippen LogP contribution in [0.25, 0.3) is 0 Å². The normalized spacial score (nSPS) is 26.4. The molecule has 1 heterocycles. The van der Waals surface area contributed by atoms with Gasteiger partial charge in [-0.05, 0) is 49.7 Å². The zero-order valence-electron chi connectivity index (χ0n) is 13.7. The molecule has 23 heavy (non-hydrogen) atoms. The fraction of sp³-hybridized carbons (Fsp3) is 0.611. The summed E-state index contributed by atoms with van der Waals surface area (Å²) in [4.78, 5) is 14.6. The van der Waals surface area contributed by atoms with E-state index < -0.39 is 0 Å². The van der Waals surface area contributed by atoms with Crippen LogP contribution in [0.15, 0.2) is 24.3 Å². The number of carbonyl (C=O) groups excluding carboxylic acids is 1. The molecule has 3 rings (SSSR count). The lowest BCUT2D eigenvalue weighted by Gasteiger charge is -2.35. The highest BCUT2D eigenvalue weighted by Crippen LogP contribution is 2.36. The second-order valence-electron chi connectivity index (χ2n) is 6.65. The maximum absolute atomic E-state index is 12.7. The molecule has 1 saturated carbocycles. The van der Waals surface area contributed by atoms with Crippen molar-refractivity contribution in [1.29, 1.82) is 0 Å². The molecule has 5 heteroatoms. The van der Waals surface area contributed by atoms with Gasteiger partial charge in [-0.15, -0.1) is 12.4 Å². The number of carbonyl (C=O) groups is 1. The largest absolute Gasteiger partial charge is 0.493 e. The van der Waals surface area contributed by atoms with Crippen LogP contribution in [0.5, 0.6) is 5.75 Å². The molecule has 0 radical (unpaired) electrons. The highest BCUT2D eigenvalue weighted by Gasteiger charge is 2.29. The van der Waals surface area contributed by atoms with Crippen molar-refractivity contribution >= 4 is 18.3 Å². The van der Waals surface area contributed by atoms with Crippen LogP contribution in [0.4, 0.5) is 0 Å². The minimum Gasteiger partial charge on any atom is -0.493 e. The van der Waals surface area contributed by atoms with Gasteiger partial charge in [0.2, 0.25) is 5.91 Å². The van der Waals surface area contributed by atoms with Crippen molar-refractivity contribution in [1.82, 2.24) is 4.90 Å². The van der Waals surface area contributed by atoms with Gasteiger partial charge in [-0.1, -0.05) is 18.2 Å². The summed E-state index contributed by atoms with van der Waals surface area (Å²) in [5.74, 6) is 1.48. The Morgan fingerprint density at radius 2 is 1.91 bits per heavy atom. The van der Waals surface area contributed by atoms with E-state index in [0.717, 1.165) is 37.9 Å². The number of nitrogens with two attached hydrogens (primary N) is 1. The topological polar surface area (TPSA) is 55.6 Å². The Labute approximate surface area is 144 Å². The zero-order valence-corrected chi connectivity index (χ0v) is 14.6. The predicted octanol–water partition coefficient (Wildman–Crippen LogP) is 3.09. The van der Waals surface area contributed by atoms with Gasteiger partial charge in [-0.2, -0.15) is 0 Å². The second kappa shape index (κ2) is 8.02. The molecule has 2 N–H and O–H groups in total. The van der Waals surface area contributed by atoms with Crippen molar-refractivity contribution in [2.45, 2.75) is 56.5 Å². The molecule has 1 amide bonds. The van der Waals surface area contributed by atoms with Crippen LogP contribution < -0.4 is 10.5 Å². The van der Waals surface area contributed by atoms with Crippen LogP contribution in [0.1, 0.15) is 50.0 Å². The first-order valence-corrected chi connectivity index (χ1v) is 8.38. The first-order chi connectivity index (χ1) is 10.6. The predicted molar refractivity (Wildman–Crippen MR) is 94.2 cm³/mol. The monoisotopic (exact) mass is 338 g/mol. The maximum atomic E-state index is 12.7. The Hall–Kier alpha value is -1.26. The van der Waals surface area contributed by atoms with Gasteiger partial charge in [-0.3, -0.25) is 4.79 Å². The smallest absolute Gasteiger partial charge is 0.223 e. The highest BCUT2D eigenvalue weighted by molar-refractivity contribution is 5.85. The van der Waals surface area contributed by atoms with Crippen molar-refractivity contribution in [3.8, 4) is 5.75 Å². The lowest BCUT2D eigenvalue weighted by Crippen LogP contribution is -2.42. The van der Waals surface area contributed by atoms with Crippen molar-refractivity contribution in [2.24, 2.45) is 5.73 Å². The average Bonchev–Trinajstić information content (AvgIpc) is 2.55. The molecule has 0 bridgehead atoms. The fourth-order valence-electron chi connectivity index (χ4n) is 3.68. The average molecular weight is 339 g/mol. The lowest BCUT2D eigenvalue weighted by atomic mass is 9.88. The molecule has 1 aliphatic carbocycles. The van der Waals surface area contributed by atoms with Crippen molar-refractivity contribution in [3.63, 3.8) is 0 Å². The number of ether oxygens (including phenoxy) is 1. The number of fused-ring (bicyclic) bond motifs is 1. The second-order valence-corrected chi connectivity index (χ2v) is 6.65. The SMILES string of the molecule is CN(C(=O)C[C@H]1CCOc2ccccc21)C1CCC(N)CC1.Cl. The molecule has 0 aromatic heterocycles. The Morgan fingerprint density at radius 3 is 2.65 bits per heavy atom. The summed E-state index contributed by atoms with van der Waals surface area (Å²) in [5, 5.41) is 0. The van der Waals surface area contributed by atoms with E-state index in [2.05, 4.69) is 6.07 Å². The van der Waals surface area contributed by atoms with E-state index in [4.69, 9.17) is 10.5 Å². The molecule has 1 fully saturated rings. The van der Waals surface area contributed by atoms with E-state index in [1.807, 2.05) is 30.1 Å². The lowest BCUT2D eigenvalue weighted by molar-refractivity contribution is -0.133. The number of halogens is 1. The van der Waals surface area contributed by atoms with E-state index in [0.29, 0.717) is 25.1 Å². The van der Waals surface area contributed by atoms with Crippen molar-refractivity contribution in [2.75, 3.05) is 13.7 Å². The summed E-state index contributed by atoms with van der Waals surface area (Å²) < 4.78 is 5.69. The van der Waals surface area contributed by atoms with Crippen LogP contribution in [-0.4, -0.2) is 36.5 Å². The third-order valence-electron chi connectivity index (χ3n) is 5.19. The first-order valence-electron chi connectivity index (χ1n) is 8.38. The van der Waals surface area contributed by atoms with E-state index in [1.54, 1.807) is 0 Å².